The predicted octanol–water partition coefficient (Wildman–Crippen LogP) is 5.71. The average Bonchev–Trinajstić information content (AvgIpc) is 2.90. The molecule has 4 fully saturated rings. The fraction of sp³-hybridized carbons (Fsp3) is 0.955. The molecular weight excluding hydrogens is 345 g/mol. The highest BCUT2D eigenvalue weighted by atomic mass is 19.3. The Morgan fingerprint density at radius 3 is 2.44 bits per heavy atom. The number of halogens is 2. The molecule has 0 spiro atoms. The molecule has 27 heavy (non-hydrogen) atoms. The summed E-state index contributed by atoms with van der Waals surface area (Å²) in [5, 5.41) is 9.08. The van der Waals surface area contributed by atoms with Gasteiger partial charge in [-0.15, -0.1) is 0 Å². The molecule has 2 radical (unpaired) electrons. The van der Waals surface area contributed by atoms with E-state index in [1.54, 1.807) is 0 Å². The van der Waals surface area contributed by atoms with Gasteiger partial charge in [0, 0.05) is 18.8 Å². The third-order valence-corrected chi connectivity index (χ3v) is 9.60. The zero-order valence-electron chi connectivity index (χ0n) is 16.7. The van der Waals surface area contributed by atoms with Gasteiger partial charge in [0.2, 0.25) is 0 Å². The van der Waals surface area contributed by atoms with Crippen LogP contribution in [0.3, 0.4) is 0 Å². The summed E-state index contributed by atoms with van der Waals surface area (Å²) in [6.07, 6.45) is 7.12. The van der Waals surface area contributed by atoms with Gasteiger partial charge in [-0.25, -0.2) is 8.78 Å². The molecule has 4 aliphatic rings. The Morgan fingerprint density at radius 2 is 1.74 bits per heavy atom. The van der Waals surface area contributed by atoms with E-state index in [1.165, 1.54) is 0 Å². The van der Waals surface area contributed by atoms with E-state index >= 15 is 8.78 Å². The molecule has 0 amide bonds. The van der Waals surface area contributed by atoms with Crippen molar-refractivity contribution in [2.24, 2.45) is 40.4 Å². The van der Waals surface area contributed by atoms with Gasteiger partial charge in [-0.2, -0.15) is 0 Å². The molecule has 0 aromatic heterocycles. The summed E-state index contributed by atoms with van der Waals surface area (Å²) in [7, 11) is 6.15. The third kappa shape index (κ3) is 2.97. The van der Waals surface area contributed by atoms with Crippen LogP contribution in [0.1, 0.15) is 78.1 Å². The normalized spacial score (nSPS) is 51.1. The first kappa shape index (κ1) is 19.7. The second-order valence-corrected chi connectivity index (χ2v) is 10.7. The van der Waals surface area contributed by atoms with Crippen molar-refractivity contribution >= 4 is 13.8 Å². The van der Waals surface area contributed by atoms with E-state index in [9.17, 15) is 4.79 Å². The van der Waals surface area contributed by atoms with Crippen LogP contribution in [0.15, 0.2) is 0 Å². The lowest BCUT2D eigenvalue weighted by Crippen LogP contribution is -2.60. The van der Waals surface area contributed by atoms with Crippen LogP contribution in [0.5, 0.6) is 0 Å². The summed E-state index contributed by atoms with van der Waals surface area (Å²) in [5.41, 5.74) is -0.114. The maximum absolute atomic E-state index is 15.5. The highest BCUT2D eigenvalue weighted by molar-refractivity contribution is 6.11. The fourth-order valence-electron chi connectivity index (χ4n) is 8.07. The molecule has 0 heterocycles. The van der Waals surface area contributed by atoms with Gasteiger partial charge in [0.05, 0.1) is 7.85 Å². The van der Waals surface area contributed by atoms with Crippen LogP contribution in [-0.4, -0.2) is 24.8 Å². The van der Waals surface area contributed by atoms with Gasteiger partial charge in [-0.3, -0.25) is 4.79 Å². The Labute approximate surface area is 163 Å². The highest BCUT2D eigenvalue weighted by Crippen LogP contribution is 2.71. The number of fused-ring (bicyclic) bond motifs is 5. The van der Waals surface area contributed by atoms with E-state index in [0.29, 0.717) is 6.42 Å². The van der Waals surface area contributed by atoms with Crippen molar-refractivity contribution in [2.75, 3.05) is 0 Å². The average molecular weight is 378 g/mol. The van der Waals surface area contributed by atoms with Crippen LogP contribution < -0.4 is 0 Å². The van der Waals surface area contributed by atoms with Crippen LogP contribution in [0.4, 0.5) is 8.78 Å². The Bertz CT molecular complexity index is 611. The molecule has 5 heteroatoms. The number of hydrogen-bond acceptors (Lipinski definition) is 1. The van der Waals surface area contributed by atoms with Gasteiger partial charge in [0.15, 0.2) is 0 Å². The predicted molar refractivity (Wildman–Crippen MR) is 102 cm³/mol. The second-order valence-electron chi connectivity index (χ2n) is 10.7. The van der Waals surface area contributed by atoms with Gasteiger partial charge >= 0.3 is 5.97 Å². The van der Waals surface area contributed by atoms with Gasteiger partial charge in [-0.05, 0) is 73.0 Å². The van der Waals surface area contributed by atoms with Gasteiger partial charge in [0.25, 0.3) is 5.92 Å². The summed E-state index contributed by atoms with van der Waals surface area (Å²) < 4.78 is 31.0. The molecule has 150 valence electrons. The zero-order chi connectivity index (χ0) is 19.6. The van der Waals surface area contributed by atoms with Crippen molar-refractivity contribution in [1.29, 1.82) is 0 Å². The van der Waals surface area contributed by atoms with Crippen LogP contribution in [0.2, 0.25) is 5.82 Å². The van der Waals surface area contributed by atoms with Gasteiger partial charge in [-0.1, -0.05) is 32.5 Å². The number of hydrogen-bond donors (Lipinski definition) is 1. The van der Waals surface area contributed by atoms with E-state index in [0.717, 1.165) is 44.9 Å². The highest BCUT2D eigenvalue weighted by Gasteiger charge is 2.67. The summed E-state index contributed by atoms with van der Waals surface area (Å²) in [4.78, 5) is 11.0. The van der Waals surface area contributed by atoms with E-state index in [4.69, 9.17) is 13.0 Å². The molecular formula is C22H33BF2O2. The summed E-state index contributed by atoms with van der Waals surface area (Å²) in [6, 6.07) is 0. The minimum Gasteiger partial charge on any atom is -0.481 e. The van der Waals surface area contributed by atoms with Crippen molar-refractivity contribution in [1.82, 2.24) is 0 Å². The van der Waals surface area contributed by atoms with Crippen LogP contribution in [-0.2, 0) is 4.79 Å². The Balaban J connectivity index is 1.63. The minimum atomic E-state index is -2.61. The molecule has 4 aliphatic carbocycles. The number of carboxylic acid groups (broad SMARTS) is 1. The molecule has 0 aromatic rings. The van der Waals surface area contributed by atoms with Crippen LogP contribution in [0.25, 0.3) is 0 Å². The molecule has 4 rings (SSSR count). The smallest absolute Gasteiger partial charge is 0.303 e. The number of carboxylic acids is 1. The topological polar surface area (TPSA) is 37.3 Å². The van der Waals surface area contributed by atoms with E-state index < -0.39 is 17.8 Å². The SMILES string of the molecule is [B]C1CCC2(C)C(C1)CC(F)(F)C1C3CCC(CCC(=O)O)C3(C)CCC12. The first-order valence-corrected chi connectivity index (χ1v) is 10.9. The molecule has 0 aromatic carbocycles. The van der Waals surface area contributed by atoms with Gasteiger partial charge in [0.1, 0.15) is 0 Å². The molecule has 8 atom stereocenters. The minimum absolute atomic E-state index is 0.00268. The summed E-state index contributed by atoms with van der Waals surface area (Å²) in [6.45, 7) is 4.46. The second kappa shape index (κ2) is 6.45. The Morgan fingerprint density at radius 1 is 1.07 bits per heavy atom. The van der Waals surface area contributed by atoms with Crippen molar-refractivity contribution in [3.63, 3.8) is 0 Å². The largest absolute Gasteiger partial charge is 0.481 e. The lowest BCUT2D eigenvalue weighted by molar-refractivity contribution is -0.231. The Hall–Kier alpha value is -0.605. The van der Waals surface area contributed by atoms with E-state index in [-0.39, 0.29) is 53.2 Å². The van der Waals surface area contributed by atoms with Crippen LogP contribution >= 0.6 is 0 Å². The monoisotopic (exact) mass is 378 g/mol. The zero-order valence-corrected chi connectivity index (χ0v) is 16.7. The Kier molecular flexibility index (Phi) is 4.71. The molecule has 1 N–H and O–H groups in total. The van der Waals surface area contributed by atoms with Crippen molar-refractivity contribution < 1.29 is 18.7 Å². The molecule has 8 unspecified atom stereocenters. The maximum Gasteiger partial charge on any atom is 0.303 e. The van der Waals surface area contributed by atoms with Crippen molar-refractivity contribution in [3.8, 4) is 0 Å². The summed E-state index contributed by atoms with van der Waals surface area (Å²) in [5.74, 6) is -3.37. The van der Waals surface area contributed by atoms with E-state index in [1.807, 2.05) is 0 Å². The fourth-order valence-corrected chi connectivity index (χ4v) is 8.07. The standard InChI is InChI=1S/C22H33BF2O2/c1-20-10-8-17-19(16(20)5-3-13(20)4-6-18(26)27)22(24,25)12-14-11-15(23)7-9-21(14,17)2/h13-17,19H,3-12H2,1-2H3,(H,26,27). The van der Waals surface area contributed by atoms with Crippen LogP contribution in [0, 0.1) is 40.4 Å². The molecule has 0 saturated heterocycles. The first-order chi connectivity index (χ1) is 12.6. The van der Waals surface area contributed by atoms with Crippen molar-refractivity contribution in [2.45, 2.75) is 89.8 Å². The lowest BCUT2D eigenvalue weighted by Gasteiger charge is -2.63. The number of carbonyl (C=O) groups is 1. The summed E-state index contributed by atoms with van der Waals surface area (Å²) >= 11 is 0. The first-order valence-electron chi connectivity index (χ1n) is 10.9. The maximum atomic E-state index is 15.5. The molecule has 2 nitrogen and oxygen atoms in total. The molecule has 0 bridgehead atoms. The molecule has 0 aliphatic heterocycles. The number of rotatable bonds is 3. The number of alkyl halides is 2. The number of aliphatic carboxylic acids is 1. The third-order valence-electron chi connectivity index (χ3n) is 9.60. The molecule has 4 saturated carbocycles. The van der Waals surface area contributed by atoms with Gasteiger partial charge < -0.3 is 5.11 Å². The quantitative estimate of drug-likeness (QED) is 0.639. The van der Waals surface area contributed by atoms with E-state index in [2.05, 4.69) is 13.8 Å². The lowest BCUT2D eigenvalue weighted by atomic mass is 9.42. The van der Waals surface area contributed by atoms with Crippen molar-refractivity contribution in [3.05, 3.63) is 0 Å².